The number of ether oxygens (including phenoxy) is 1. The van der Waals surface area contributed by atoms with Gasteiger partial charge in [-0.1, -0.05) is 0 Å². The lowest BCUT2D eigenvalue weighted by Gasteiger charge is -2.05. The topological polar surface area (TPSA) is 72.6 Å². The minimum atomic E-state index is -0.908. The third-order valence-electron chi connectivity index (χ3n) is 1.53. The van der Waals surface area contributed by atoms with Gasteiger partial charge in [-0.05, 0) is 6.07 Å². The van der Waals surface area contributed by atoms with Crippen molar-refractivity contribution < 1.29 is 19.0 Å². The molecule has 0 aliphatic rings. The number of hydrogen-bond donors (Lipinski definition) is 2. The van der Waals surface area contributed by atoms with Crippen molar-refractivity contribution in [3.8, 4) is 11.5 Å². The van der Waals surface area contributed by atoms with Crippen LogP contribution >= 0.6 is 0 Å². The first-order valence-electron chi connectivity index (χ1n) is 3.42. The lowest BCUT2D eigenvalue weighted by molar-refractivity contribution is 0.0997. The van der Waals surface area contributed by atoms with E-state index in [0.29, 0.717) is 0 Å². The molecule has 13 heavy (non-hydrogen) atoms. The van der Waals surface area contributed by atoms with Crippen molar-refractivity contribution in [3.05, 3.63) is 23.5 Å². The summed E-state index contributed by atoms with van der Waals surface area (Å²) < 4.78 is 17.5. The van der Waals surface area contributed by atoms with E-state index >= 15 is 0 Å². The van der Waals surface area contributed by atoms with Gasteiger partial charge in [0.1, 0.15) is 5.75 Å². The molecular formula is C8H8FNO3. The molecule has 0 radical (unpaired) electrons. The minimum absolute atomic E-state index is 0.0476. The molecule has 0 saturated carbocycles. The number of methoxy groups -OCH3 is 1. The van der Waals surface area contributed by atoms with Gasteiger partial charge in [-0.15, -0.1) is 0 Å². The third-order valence-corrected chi connectivity index (χ3v) is 1.53. The normalized spacial score (nSPS) is 9.69. The Labute approximate surface area is 73.7 Å². The number of aromatic hydroxyl groups is 1. The summed E-state index contributed by atoms with van der Waals surface area (Å²) in [7, 11) is 1.29. The van der Waals surface area contributed by atoms with E-state index in [1.54, 1.807) is 0 Å². The van der Waals surface area contributed by atoms with E-state index in [1.165, 1.54) is 7.11 Å². The predicted octanol–water partition coefficient (Wildman–Crippen LogP) is 0.639. The molecular weight excluding hydrogens is 177 g/mol. The molecule has 1 rings (SSSR count). The minimum Gasteiger partial charge on any atom is -0.505 e. The van der Waals surface area contributed by atoms with E-state index in [0.717, 1.165) is 12.1 Å². The lowest BCUT2D eigenvalue weighted by atomic mass is 10.1. The second-order valence-electron chi connectivity index (χ2n) is 2.37. The van der Waals surface area contributed by atoms with Crippen molar-refractivity contribution in [2.75, 3.05) is 7.11 Å². The smallest absolute Gasteiger partial charge is 0.252 e. The van der Waals surface area contributed by atoms with Crippen molar-refractivity contribution in [2.24, 2.45) is 5.73 Å². The maximum atomic E-state index is 12.7. The number of carbonyl (C=O) groups is 1. The van der Waals surface area contributed by atoms with E-state index in [9.17, 15) is 9.18 Å². The van der Waals surface area contributed by atoms with Crippen LogP contribution in [0.5, 0.6) is 11.5 Å². The van der Waals surface area contributed by atoms with Crippen molar-refractivity contribution in [2.45, 2.75) is 0 Å². The highest BCUT2D eigenvalue weighted by Gasteiger charge is 2.13. The molecule has 0 aromatic heterocycles. The summed E-state index contributed by atoms with van der Waals surface area (Å²) >= 11 is 0. The first kappa shape index (κ1) is 9.31. The number of nitrogens with two attached hydrogens (primary N) is 1. The Hall–Kier alpha value is -1.78. The van der Waals surface area contributed by atoms with Crippen LogP contribution in [0.25, 0.3) is 0 Å². The molecule has 0 atom stereocenters. The molecule has 0 bridgehead atoms. The molecule has 5 heteroatoms. The molecule has 3 N–H and O–H groups in total. The van der Waals surface area contributed by atoms with Crippen molar-refractivity contribution in [3.63, 3.8) is 0 Å². The van der Waals surface area contributed by atoms with Gasteiger partial charge in [0.05, 0.1) is 12.7 Å². The molecule has 70 valence electrons. The number of phenolic OH excluding ortho intramolecular Hbond substituents is 1. The van der Waals surface area contributed by atoms with Crippen LogP contribution in [0.15, 0.2) is 12.1 Å². The molecule has 0 heterocycles. The second kappa shape index (κ2) is 3.30. The van der Waals surface area contributed by atoms with Gasteiger partial charge in [0.2, 0.25) is 0 Å². The van der Waals surface area contributed by atoms with Gasteiger partial charge in [0.15, 0.2) is 11.6 Å². The van der Waals surface area contributed by atoms with E-state index in [-0.39, 0.29) is 11.3 Å². The maximum Gasteiger partial charge on any atom is 0.252 e. The number of phenols is 1. The quantitative estimate of drug-likeness (QED) is 0.710. The molecule has 1 aromatic carbocycles. The van der Waals surface area contributed by atoms with E-state index < -0.39 is 17.5 Å². The Morgan fingerprint density at radius 3 is 2.69 bits per heavy atom. The average molecular weight is 185 g/mol. The highest BCUT2D eigenvalue weighted by atomic mass is 19.1. The van der Waals surface area contributed by atoms with Crippen molar-refractivity contribution >= 4 is 5.91 Å². The number of primary amides is 1. The van der Waals surface area contributed by atoms with Crippen LogP contribution in [0.2, 0.25) is 0 Å². The first-order chi connectivity index (χ1) is 6.06. The number of hydrogen-bond acceptors (Lipinski definition) is 3. The van der Waals surface area contributed by atoms with Crippen LogP contribution in [0.1, 0.15) is 10.4 Å². The highest BCUT2D eigenvalue weighted by Crippen LogP contribution is 2.26. The van der Waals surface area contributed by atoms with E-state index in [1.807, 2.05) is 0 Å². The fourth-order valence-corrected chi connectivity index (χ4v) is 0.904. The zero-order chi connectivity index (χ0) is 10.0. The summed E-state index contributed by atoms with van der Waals surface area (Å²) in [5.74, 6) is -2.25. The molecule has 4 nitrogen and oxygen atoms in total. The van der Waals surface area contributed by atoms with Crippen molar-refractivity contribution in [1.29, 1.82) is 0 Å². The Kier molecular flexibility index (Phi) is 2.36. The Morgan fingerprint density at radius 2 is 2.23 bits per heavy atom. The Morgan fingerprint density at radius 1 is 1.62 bits per heavy atom. The van der Waals surface area contributed by atoms with Crippen LogP contribution < -0.4 is 10.5 Å². The summed E-state index contributed by atoms with van der Waals surface area (Å²) in [4.78, 5) is 10.7. The molecule has 0 saturated heterocycles. The number of benzene rings is 1. The zero-order valence-electron chi connectivity index (χ0n) is 6.87. The van der Waals surface area contributed by atoms with Gasteiger partial charge >= 0.3 is 0 Å². The summed E-state index contributed by atoms with van der Waals surface area (Å²) in [5.41, 5.74) is 4.84. The number of carbonyl (C=O) groups excluding carboxylic acids is 1. The summed E-state index contributed by atoms with van der Waals surface area (Å²) in [6, 6.07) is 1.83. The molecule has 1 amide bonds. The van der Waals surface area contributed by atoms with Gasteiger partial charge in [-0.2, -0.15) is 0 Å². The monoisotopic (exact) mass is 185 g/mol. The second-order valence-corrected chi connectivity index (χ2v) is 2.37. The SMILES string of the molecule is COc1cc(O)c(F)cc1C(N)=O. The van der Waals surface area contributed by atoms with Crippen LogP contribution in [-0.4, -0.2) is 18.1 Å². The standard InChI is InChI=1S/C8H8FNO3/c1-13-7-3-6(11)5(9)2-4(7)8(10)12/h2-3,11H,1H3,(H2,10,12). The van der Waals surface area contributed by atoms with Crippen LogP contribution in [0.3, 0.4) is 0 Å². The largest absolute Gasteiger partial charge is 0.505 e. The third kappa shape index (κ3) is 1.69. The van der Waals surface area contributed by atoms with Gasteiger partial charge in [0.25, 0.3) is 5.91 Å². The molecule has 0 aliphatic heterocycles. The first-order valence-corrected chi connectivity index (χ1v) is 3.42. The molecule has 0 unspecified atom stereocenters. The van der Waals surface area contributed by atoms with Crippen LogP contribution in [0, 0.1) is 5.82 Å². The number of halogens is 1. The van der Waals surface area contributed by atoms with Gasteiger partial charge in [-0.25, -0.2) is 4.39 Å². The van der Waals surface area contributed by atoms with Crippen LogP contribution in [-0.2, 0) is 0 Å². The summed E-state index contributed by atoms with van der Waals surface area (Å²) in [6.07, 6.45) is 0. The Balaban J connectivity index is 3.33. The lowest BCUT2D eigenvalue weighted by Crippen LogP contribution is -2.12. The van der Waals surface area contributed by atoms with E-state index in [2.05, 4.69) is 0 Å². The average Bonchev–Trinajstić information content (AvgIpc) is 2.08. The van der Waals surface area contributed by atoms with Gasteiger partial charge in [0, 0.05) is 6.07 Å². The van der Waals surface area contributed by atoms with Gasteiger partial charge < -0.3 is 15.6 Å². The molecule has 0 fully saturated rings. The van der Waals surface area contributed by atoms with E-state index in [4.69, 9.17) is 15.6 Å². The fourth-order valence-electron chi connectivity index (χ4n) is 0.904. The molecule has 0 aliphatic carbocycles. The maximum absolute atomic E-state index is 12.7. The zero-order valence-corrected chi connectivity index (χ0v) is 6.87. The predicted molar refractivity (Wildman–Crippen MR) is 43.1 cm³/mol. The van der Waals surface area contributed by atoms with Crippen LogP contribution in [0.4, 0.5) is 4.39 Å². The highest BCUT2D eigenvalue weighted by molar-refractivity contribution is 5.95. The fraction of sp³-hybridized carbons (Fsp3) is 0.125. The van der Waals surface area contributed by atoms with Gasteiger partial charge in [-0.3, -0.25) is 4.79 Å². The van der Waals surface area contributed by atoms with Crippen molar-refractivity contribution in [1.82, 2.24) is 0 Å². The molecule has 1 aromatic rings. The summed E-state index contributed by atoms with van der Waals surface area (Å²) in [6.45, 7) is 0. The Bertz CT molecular complexity index is 351. The summed E-state index contributed by atoms with van der Waals surface area (Å²) in [5, 5.41) is 8.93. The number of rotatable bonds is 2. The number of amides is 1. The molecule has 0 spiro atoms.